The summed E-state index contributed by atoms with van der Waals surface area (Å²) in [6, 6.07) is 13.4. The Morgan fingerprint density at radius 2 is 1.56 bits per heavy atom. The molecule has 2 unspecified atom stereocenters. The first kappa shape index (κ1) is 28.1. The van der Waals surface area contributed by atoms with Gasteiger partial charge in [-0.05, 0) is 86.1 Å². The molecule has 0 aromatic heterocycles. The predicted molar refractivity (Wildman–Crippen MR) is 148 cm³/mol. The van der Waals surface area contributed by atoms with Crippen molar-refractivity contribution in [2.45, 2.75) is 106 Å². The van der Waals surface area contributed by atoms with E-state index in [2.05, 4.69) is 89.8 Å². The number of benzene rings is 2. The van der Waals surface area contributed by atoms with Crippen molar-refractivity contribution in [3.8, 4) is 0 Å². The molecule has 0 saturated carbocycles. The fourth-order valence-corrected chi connectivity index (χ4v) is 5.00. The fourth-order valence-electron chi connectivity index (χ4n) is 5.00. The summed E-state index contributed by atoms with van der Waals surface area (Å²) in [4.78, 5) is 15.7. The number of hydrogen-bond acceptors (Lipinski definition) is 1. The molecular weight excluding hydrogens is 414 g/mol. The fraction of sp³-hybridized carbons (Fsp3) is 0.594. The quantitative estimate of drug-likeness (QED) is 0.257. The Morgan fingerprint density at radius 3 is 2.15 bits per heavy atom. The minimum atomic E-state index is 0.210. The zero-order chi connectivity index (χ0) is 25.1. The van der Waals surface area contributed by atoms with Crippen molar-refractivity contribution in [1.82, 2.24) is 4.90 Å². The third kappa shape index (κ3) is 8.00. The smallest absolute Gasteiger partial charge is 0.254 e. The van der Waals surface area contributed by atoms with Crippen LogP contribution in [0.25, 0.3) is 0 Å². The van der Waals surface area contributed by atoms with Crippen molar-refractivity contribution in [2.24, 2.45) is 5.92 Å². The molecule has 0 heterocycles. The van der Waals surface area contributed by atoms with Crippen LogP contribution in [0.5, 0.6) is 0 Å². The van der Waals surface area contributed by atoms with Gasteiger partial charge in [0.2, 0.25) is 0 Å². The normalized spacial score (nSPS) is 13.0. The Balaban J connectivity index is 2.13. The van der Waals surface area contributed by atoms with Crippen LogP contribution in [0.2, 0.25) is 0 Å². The van der Waals surface area contributed by atoms with Gasteiger partial charge in [-0.15, -0.1) is 0 Å². The molecule has 2 atom stereocenters. The van der Waals surface area contributed by atoms with E-state index in [4.69, 9.17) is 0 Å². The van der Waals surface area contributed by atoms with Gasteiger partial charge in [0.1, 0.15) is 0 Å². The molecule has 2 rings (SSSR count). The van der Waals surface area contributed by atoms with Crippen LogP contribution in [-0.4, -0.2) is 23.9 Å². The molecule has 2 aromatic carbocycles. The average molecular weight is 464 g/mol. The van der Waals surface area contributed by atoms with Gasteiger partial charge in [0.05, 0.1) is 0 Å². The Labute approximate surface area is 210 Å². The minimum absolute atomic E-state index is 0.210. The van der Waals surface area contributed by atoms with E-state index in [1.165, 1.54) is 53.5 Å². The molecule has 2 heteroatoms. The maximum atomic E-state index is 13.7. The molecule has 34 heavy (non-hydrogen) atoms. The van der Waals surface area contributed by atoms with Crippen LogP contribution in [0.4, 0.5) is 0 Å². The number of amides is 1. The van der Waals surface area contributed by atoms with E-state index in [-0.39, 0.29) is 5.91 Å². The molecule has 0 spiro atoms. The maximum Gasteiger partial charge on any atom is 0.254 e. The minimum Gasteiger partial charge on any atom is -0.339 e. The molecular formula is C32H49NO. The van der Waals surface area contributed by atoms with E-state index in [1.54, 1.807) is 0 Å². The zero-order valence-corrected chi connectivity index (χ0v) is 23.0. The summed E-state index contributed by atoms with van der Waals surface area (Å²) >= 11 is 0. The summed E-state index contributed by atoms with van der Waals surface area (Å²) in [6.07, 6.45) is 9.07. The van der Waals surface area contributed by atoms with Crippen molar-refractivity contribution in [3.63, 3.8) is 0 Å². The first-order chi connectivity index (χ1) is 16.3. The number of carbonyl (C=O) groups is 1. The van der Waals surface area contributed by atoms with Gasteiger partial charge in [-0.3, -0.25) is 4.79 Å². The molecule has 0 bridgehead atoms. The largest absolute Gasteiger partial charge is 0.339 e. The van der Waals surface area contributed by atoms with Gasteiger partial charge in [0.25, 0.3) is 5.91 Å². The summed E-state index contributed by atoms with van der Waals surface area (Å²) in [7, 11) is 0. The Bertz CT molecular complexity index is 883. The molecule has 2 aromatic rings. The number of aryl methyl sites for hydroxylation is 3. The van der Waals surface area contributed by atoms with E-state index in [9.17, 15) is 4.79 Å². The van der Waals surface area contributed by atoms with Crippen molar-refractivity contribution in [2.75, 3.05) is 13.1 Å². The van der Waals surface area contributed by atoms with Crippen molar-refractivity contribution < 1.29 is 4.79 Å². The number of carbonyl (C=O) groups excluding carboxylic acids is 1. The summed E-state index contributed by atoms with van der Waals surface area (Å²) in [6.45, 7) is 17.2. The monoisotopic (exact) mass is 463 g/mol. The molecule has 2 nitrogen and oxygen atoms in total. The molecule has 0 aliphatic carbocycles. The van der Waals surface area contributed by atoms with Crippen LogP contribution in [-0.2, 0) is 19.3 Å². The van der Waals surface area contributed by atoms with Gasteiger partial charge >= 0.3 is 0 Å². The van der Waals surface area contributed by atoms with Gasteiger partial charge < -0.3 is 4.90 Å². The van der Waals surface area contributed by atoms with Crippen molar-refractivity contribution >= 4 is 5.91 Å². The highest BCUT2D eigenvalue weighted by Crippen LogP contribution is 2.30. The van der Waals surface area contributed by atoms with E-state index in [0.717, 1.165) is 44.3 Å². The van der Waals surface area contributed by atoms with Crippen molar-refractivity contribution in [1.29, 1.82) is 0 Å². The maximum absolute atomic E-state index is 13.7. The van der Waals surface area contributed by atoms with Crippen molar-refractivity contribution in [3.05, 3.63) is 69.8 Å². The second kappa shape index (κ2) is 14.3. The zero-order valence-electron chi connectivity index (χ0n) is 23.0. The van der Waals surface area contributed by atoms with Crippen LogP contribution < -0.4 is 0 Å². The molecule has 0 saturated heterocycles. The van der Waals surface area contributed by atoms with Gasteiger partial charge in [-0.1, -0.05) is 89.8 Å². The summed E-state index contributed by atoms with van der Waals surface area (Å²) in [5.74, 6) is 1.32. The van der Waals surface area contributed by atoms with Gasteiger partial charge in [-0.25, -0.2) is 0 Å². The van der Waals surface area contributed by atoms with E-state index in [0.29, 0.717) is 11.8 Å². The van der Waals surface area contributed by atoms with Crippen LogP contribution >= 0.6 is 0 Å². The summed E-state index contributed by atoms with van der Waals surface area (Å²) < 4.78 is 0. The first-order valence-electron chi connectivity index (χ1n) is 13.8. The Morgan fingerprint density at radius 1 is 0.882 bits per heavy atom. The van der Waals surface area contributed by atoms with Crippen LogP contribution in [0.3, 0.4) is 0 Å². The van der Waals surface area contributed by atoms with E-state index >= 15 is 0 Å². The Hall–Kier alpha value is -2.09. The third-order valence-corrected chi connectivity index (χ3v) is 7.39. The lowest BCUT2D eigenvalue weighted by Crippen LogP contribution is -2.33. The molecule has 0 aliphatic heterocycles. The number of unbranched alkanes of at least 4 members (excludes halogenated alkanes) is 2. The highest BCUT2D eigenvalue weighted by molar-refractivity contribution is 5.96. The number of hydrogen-bond donors (Lipinski definition) is 0. The highest BCUT2D eigenvalue weighted by Gasteiger charge is 2.21. The van der Waals surface area contributed by atoms with Gasteiger partial charge in [0.15, 0.2) is 0 Å². The molecule has 0 radical (unpaired) electrons. The topological polar surface area (TPSA) is 20.3 Å². The predicted octanol–water partition coefficient (Wildman–Crippen LogP) is 8.53. The Kier molecular flexibility index (Phi) is 11.9. The average Bonchev–Trinajstić information content (AvgIpc) is 2.84. The SMILES string of the molecule is CCCCCC(C)c1cc(CC)c(C(=O)N(CC)CCC(C)Cc2ccc(C)cc2)cc1CC. The lowest BCUT2D eigenvalue weighted by molar-refractivity contribution is 0.0755. The number of nitrogens with zero attached hydrogens (tertiary/aromatic N) is 1. The molecule has 188 valence electrons. The standard InChI is InChI=1S/C32H49NO/c1-8-12-13-14-26(7)30-22-29(10-3)31(23-28(30)9-2)32(34)33(11-4)20-19-25(6)21-27-17-15-24(5)16-18-27/h15-18,22-23,25-26H,8-14,19-21H2,1-7H3. The lowest BCUT2D eigenvalue weighted by Gasteiger charge is -2.26. The first-order valence-corrected chi connectivity index (χ1v) is 13.8. The second-order valence-corrected chi connectivity index (χ2v) is 10.3. The molecule has 0 fully saturated rings. The van der Waals surface area contributed by atoms with E-state index < -0.39 is 0 Å². The molecule has 0 N–H and O–H groups in total. The van der Waals surface area contributed by atoms with Crippen LogP contribution in [0.1, 0.15) is 118 Å². The van der Waals surface area contributed by atoms with Gasteiger partial charge in [0, 0.05) is 18.7 Å². The van der Waals surface area contributed by atoms with Crippen LogP contribution in [0, 0.1) is 12.8 Å². The lowest BCUT2D eigenvalue weighted by atomic mass is 9.86. The molecule has 1 amide bonds. The number of rotatable bonds is 14. The third-order valence-electron chi connectivity index (χ3n) is 7.39. The second-order valence-electron chi connectivity index (χ2n) is 10.3. The summed E-state index contributed by atoms with van der Waals surface area (Å²) in [5.41, 5.74) is 7.65. The van der Waals surface area contributed by atoms with E-state index in [1.807, 2.05) is 0 Å². The highest BCUT2D eigenvalue weighted by atomic mass is 16.2. The molecule has 0 aliphatic rings. The summed E-state index contributed by atoms with van der Waals surface area (Å²) in [5, 5.41) is 0. The van der Waals surface area contributed by atoms with Gasteiger partial charge in [-0.2, -0.15) is 0 Å². The van der Waals surface area contributed by atoms with Crippen LogP contribution in [0.15, 0.2) is 36.4 Å².